The highest BCUT2D eigenvalue weighted by Crippen LogP contribution is 2.51. The van der Waals surface area contributed by atoms with Gasteiger partial charge in [-0.15, -0.1) is 0 Å². The molecular weight excluding hydrogens is 274 g/mol. The lowest BCUT2D eigenvalue weighted by atomic mass is 9.94. The van der Waals surface area contributed by atoms with E-state index in [0.717, 1.165) is 18.4 Å². The summed E-state index contributed by atoms with van der Waals surface area (Å²) in [7, 11) is -2.94. The fourth-order valence-corrected chi connectivity index (χ4v) is 5.76. The normalized spacial score (nSPS) is 32.3. The molecule has 0 spiro atoms. The summed E-state index contributed by atoms with van der Waals surface area (Å²) in [6.07, 6.45) is 2.41. The van der Waals surface area contributed by atoms with Gasteiger partial charge >= 0.3 is 0 Å². The van der Waals surface area contributed by atoms with Crippen molar-refractivity contribution >= 4 is 15.7 Å². The second-order valence-corrected chi connectivity index (χ2v) is 8.57. The number of sulfone groups is 1. The van der Waals surface area contributed by atoms with Crippen molar-refractivity contribution < 1.29 is 13.2 Å². The van der Waals surface area contributed by atoms with Crippen LogP contribution >= 0.6 is 0 Å². The molecule has 1 amide bonds. The van der Waals surface area contributed by atoms with E-state index in [2.05, 4.69) is 0 Å². The molecule has 1 aromatic carbocycles. The van der Waals surface area contributed by atoms with Crippen LogP contribution in [0, 0.1) is 0 Å². The first-order valence-corrected chi connectivity index (χ1v) is 8.83. The summed E-state index contributed by atoms with van der Waals surface area (Å²) in [4.78, 5) is 14.7. The molecule has 1 aromatic rings. The van der Waals surface area contributed by atoms with Gasteiger partial charge in [0.15, 0.2) is 9.84 Å². The van der Waals surface area contributed by atoms with Crippen molar-refractivity contribution in [1.82, 2.24) is 4.90 Å². The molecule has 2 bridgehead atoms. The molecule has 0 N–H and O–H groups in total. The van der Waals surface area contributed by atoms with Gasteiger partial charge in [-0.25, -0.2) is 8.42 Å². The summed E-state index contributed by atoms with van der Waals surface area (Å²) >= 11 is 0. The number of hydrogen-bond acceptors (Lipinski definition) is 3. The smallest absolute Gasteiger partial charge is 0.233 e. The molecule has 5 heteroatoms. The third-order valence-corrected chi connectivity index (χ3v) is 7.26. The molecule has 2 atom stereocenters. The Kier molecular flexibility index (Phi) is 2.38. The Balaban J connectivity index is 1.61. The summed E-state index contributed by atoms with van der Waals surface area (Å²) in [5, 5.41) is -0.317. The molecule has 20 heavy (non-hydrogen) atoms. The third kappa shape index (κ3) is 1.59. The lowest BCUT2D eigenvalue weighted by Crippen LogP contribution is -2.48. The van der Waals surface area contributed by atoms with Crippen LogP contribution in [0.2, 0.25) is 0 Å². The summed E-state index contributed by atoms with van der Waals surface area (Å²) in [6.45, 7) is 0.403. The summed E-state index contributed by atoms with van der Waals surface area (Å²) in [6, 6.07) is 9.81. The second kappa shape index (κ2) is 3.85. The zero-order valence-electron chi connectivity index (χ0n) is 11.2. The minimum Gasteiger partial charge on any atom is -0.337 e. The van der Waals surface area contributed by atoms with Crippen LogP contribution in [0.15, 0.2) is 30.3 Å². The number of benzene rings is 1. The molecule has 2 heterocycles. The Morgan fingerprint density at radius 2 is 1.90 bits per heavy atom. The van der Waals surface area contributed by atoms with Crippen molar-refractivity contribution in [2.45, 2.75) is 36.0 Å². The first kappa shape index (κ1) is 12.4. The molecule has 4 nitrogen and oxygen atoms in total. The Labute approximate surface area is 118 Å². The number of hydrogen-bond donors (Lipinski definition) is 0. The van der Waals surface area contributed by atoms with E-state index in [1.807, 2.05) is 35.2 Å². The molecular formula is C15H17NO3S. The minimum atomic E-state index is -2.94. The average Bonchev–Trinajstić information content (AvgIpc) is 3.07. The van der Waals surface area contributed by atoms with E-state index in [1.54, 1.807) is 0 Å². The fourth-order valence-electron chi connectivity index (χ4n) is 3.73. The van der Waals surface area contributed by atoms with Gasteiger partial charge in [-0.1, -0.05) is 30.3 Å². The maximum atomic E-state index is 12.9. The van der Waals surface area contributed by atoms with Crippen molar-refractivity contribution in [1.29, 1.82) is 0 Å². The lowest BCUT2D eigenvalue weighted by molar-refractivity contribution is -0.134. The predicted molar refractivity (Wildman–Crippen MR) is 75.0 cm³/mol. The SMILES string of the molecule is O=C(N1CC2CC1CS2(=O)=O)C1(c2ccccc2)CC1. The van der Waals surface area contributed by atoms with Crippen LogP contribution in [0.25, 0.3) is 0 Å². The molecule has 2 unspecified atom stereocenters. The van der Waals surface area contributed by atoms with E-state index in [-0.39, 0.29) is 28.4 Å². The van der Waals surface area contributed by atoms with Gasteiger partial charge in [0.05, 0.1) is 16.4 Å². The molecule has 3 aliphatic rings. The lowest BCUT2D eigenvalue weighted by Gasteiger charge is -2.31. The van der Waals surface area contributed by atoms with Crippen LogP contribution in [0.1, 0.15) is 24.8 Å². The van der Waals surface area contributed by atoms with Gasteiger partial charge in [-0.05, 0) is 24.8 Å². The number of fused-ring (bicyclic) bond motifs is 2. The number of rotatable bonds is 2. The standard InChI is InChI=1S/C15H17NO3S/c17-14(15(6-7-15)11-4-2-1-3-5-11)16-9-13-8-12(16)10-20(13,18)19/h1-5,12-13H,6-10H2. The largest absolute Gasteiger partial charge is 0.337 e. The zero-order valence-corrected chi connectivity index (χ0v) is 12.0. The highest BCUT2D eigenvalue weighted by molar-refractivity contribution is 7.92. The number of carbonyl (C=O) groups excluding carboxylic acids is 1. The Morgan fingerprint density at radius 3 is 2.40 bits per heavy atom. The van der Waals surface area contributed by atoms with Gasteiger partial charge in [-0.3, -0.25) is 4.79 Å². The van der Waals surface area contributed by atoms with Crippen molar-refractivity contribution in [2.24, 2.45) is 0 Å². The fraction of sp³-hybridized carbons (Fsp3) is 0.533. The van der Waals surface area contributed by atoms with Crippen LogP contribution in [0.3, 0.4) is 0 Å². The Hall–Kier alpha value is -1.36. The van der Waals surface area contributed by atoms with Gasteiger partial charge in [0, 0.05) is 12.6 Å². The second-order valence-electron chi connectivity index (χ2n) is 6.25. The predicted octanol–water partition coefficient (Wildman–Crippen LogP) is 1.12. The summed E-state index contributed by atoms with van der Waals surface area (Å²) in [5.41, 5.74) is 0.714. The monoisotopic (exact) mass is 291 g/mol. The molecule has 1 saturated carbocycles. The number of nitrogens with zero attached hydrogens (tertiary/aromatic N) is 1. The topological polar surface area (TPSA) is 54.5 Å². The van der Waals surface area contributed by atoms with Crippen LogP contribution in [-0.2, 0) is 20.0 Å². The first-order valence-electron chi connectivity index (χ1n) is 7.11. The highest BCUT2D eigenvalue weighted by Gasteiger charge is 2.58. The Morgan fingerprint density at radius 1 is 1.20 bits per heavy atom. The van der Waals surface area contributed by atoms with Crippen LogP contribution in [0.4, 0.5) is 0 Å². The first-order chi connectivity index (χ1) is 9.53. The van der Waals surface area contributed by atoms with Crippen LogP contribution in [-0.4, -0.2) is 42.8 Å². The molecule has 106 valence electrons. The molecule has 4 rings (SSSR count). The van der Waals surface area contributed by atoms with E-state index in [4.69, 9.17) is 0 Å². The van der Waals surface area contributed by atoms with Crippen molar-refractivity contribution in [3.8, 4) is 0 Å². The van der Waals surface area contributed by atoms with Crippen LogP contribution in [0.5, 0.6) is 0 Å². The molecule has 3 fully saturated rings. The molecule has 2 aliphatic heterocycles. The zero-order chi connectivity index (χ0) is 14.0. The summed E-state index contributed by atoms with van der Waals surface area (Å²) in [5.74, 6) is 0.306. The van der Waals surface area contributed by atoms with Crippen molar-refractivity contribution in [3.05, 3.63) is 35.9 Å². The van der Waals surface area contributed by atoms with E-state index >= 15 is 0 Å². The maximum Gasteiger partial charge on any atom is 0.233 e. The van der Waals surface area contributed by atoms with E-state index < -0.39 is 9.84 Å². The maximum absolute atomic E-state index is 12.9. The van der Waals surface area contributed by atoms with E-state index in [0.29, 0.717) is 13.0 Å². The van der Waals surface area contributed by atoms with Crippen LogP contribution < -0.4 is 0 Å². The van der Waals surface area contributed by atoms with Gasteiger partial charge in [0.25, 0.3) is 0 Å². The molecule has 0 aromatic heterocycles. The van der Waals surface area contributed by atoms with Crippen molar-refractivity contribution in [2.75, 3.05) is 12.3 Å². The summed E-state index contributed by atoms with van der Waals surface area (Å²) < 4.78 is 23.6. The third-order valence-electron chi connectivity index (χ3n) is 5.06. The highest BCUT2D eigenvalue weighted by atomic mass is 32.2. The van der Waals surface area contributed by atoms with Gasteiger partial charge in [0.1, 0.15) is 0 Å². The van der Waals surface area contributed by atoms with Gasteiger partial charge in [0.2, 0.25) is 5.91 Å². The van der Waals surface area contributed by atoms with Gasteiger partial charge in [-0.2, -0.15) is 0 Å². The van der Waals surface area contributed by atoms with Gasteiger partial charge < -0.3 is 4.90 Å². The van der Waals surface area contributed by atoms with E-state index in [1.165, 1.54) is 0 Å². The Bertz CT molecular complexity index is 664. The molecule has 2 saturated heterocycles. The van der Waals surface area contributed by atoms with Crippen molar-refractivity contribution in [3.63, 3.8) is 0 Å². The molecule has 1 aliphatic carbocycles. The van der Waals surface area contributed by atoms with E-state index in [9.17, 15) is 13.2 Å². The minimum absolute atomic E-state index is 0.0845. The number of amides is 1. The average molecular weight is 291 g/mol. The molecule has 0 radical (unpaired) electrons. The number of likely N-dealkylation sites (tertiary alicyclic amines) is 1. The quantitative estimate of drug-likeness (QED) is 0.820. The number of carbonyl (C=O) groups is 1.